The first-order valence-electron chi connectivity index (χ1n) is 9.95. The van der Waals surface area contributed by atoms with Gasteiger partial charge in [0, 0.05) is 0 Å². The number of H-pyrrole nitrogens is 1. The number of nitrogens with zero attached hydrogens (tertiary/aromatic N) is 2. The van der Waals surface area contributed by atoms with Gasteiger partial charge in [-0.3, -0.25) is 14.2 Å². The molecule has 1 saturated heterocycles. The highest BCUT2D eigenvalue weighted by Crippen LogP contribution is 2.32. The second-order valence-electron chi connectivity index (χ2n) is 7.71. The van der Waals surface area contributed by atoms with E-state index in [9.17, 15) is 27.6 Å². The minimum absolute atomic E-state index is 0.00153. The van der Waals surface area contributed by atoms with Crippen molar-refractivity contribution in [2.75, 3.05) is 13.2 Å². The summed E-state index contributed by atoms with van der Waals surface area (Å²) in [6, 6.07) is 10.9. The molecule has 1 aliphatic rings. The smallest absolute Gasteiger partial charge is 0.370 e. The van der Waals surface area contributed by atoms with Gasteiger partial charge in [0.25, 0.3) is 5.56 Å². The Balaban J connectivity index is 1.59. The quantitative estimate of drug-likeness (QED) is 0.669. The van der Waals surface area contributed by atoms with Crippen LogP contribution >= 0.6 is 0 Å². The summed E-state index contributed by atoms with van der Waals surface area (Å²) < 4.78 is 45.7. The Morgan fingerprint density at radius 3 is 2.66 bits per heavy atom. The Kier molecular flexibility index (Phi) is 5.64. The summed E-state index contributed by atoms with van der Waals surface area (Å²) in [5.41, 5.74) is -1.43. The fraction of sp³-hybridized carbons (Fsp3) is 0.318. The van der Waals surface area contributed by atoms with E-state index >= 15 is 0 Å². The number of hydrogen-bond acceptors (Lipinski definition) is 4. The molecular formula is C22H20F3N3O4. The van der Waals surface area contributed by atoms with E-state index in [4.69, 9.17) is 4.74 Å². The molecule has 1 aromatic heterocycles. The summed E-state index contributed by atoms with van der Waals surface area (Å²) >= 11 is 0. The van der Waals surface area contributed by atoms with Crippen LogP contribution in [0.2, 0.25) is 0 Å². The van der Waals surface area contributed by atoms with Crippen LogP contribution in [0.25, 0.3) is 10.9 Å². The summed E-state index contributed by atoms with van der Waals surface area (Å²) in [4.78, 5) is 42.1. The minimum Gasteiger partial charge on any atom is -0.370 e. The van der Waals surface area contributed by atoms with Crippen LogP contribution in [-0.4, -0.2) is 39.6 Å². The van der Waals surface area contributed by atoms with Gasteiger partial charge in [0.2, 0.25) is 5.91 Å². The number of alkyl halides is 3. The van der Waals surface area contributed by atoms with Gasteiger partial charge < -0.3 is 14.6 Å². The number of rotatable bonds is 3. The molecule has 2 atom stereocenters. The van der Waals surface area contributed by atoms with E-state index in [2.05, 4.69) is 4.98 Å². The number of carbonyl (C=O) groups excluding carboxylic acids is 1. The van der Waals surface area contributed by atoms with Gasteiger partial charge in [-0.05, 0) is 36.8 Å². The van der Waals surface area contributed by atoms with Crippen molar-refractivity contribution in [3.8, 4) is 0 Å². The van der Waals surface area contributed by atoms with E-state index < -0.39 is 41.5 Å². The number of nitrogens with one attached hydrogen (secondary N) is 1. The third-order valence-electron chi connectivity index (χ3n) is 5.52. The number of fused-ring (bicyclic) bond motifs is 1. The zero-order valence-electron chi connectivity index (χ0n) is 17.1. The Labute approximate surface area is 180 Å². The van der Waals surface area contributed by atoms with Gasteiger partial charge in [-0.15, -0.1) is 0 Å². The van der Waals surface area contributed by atoms with Crippen LogP contribution in [0.4, 0.5) is 13.2 Å². The fourth-order valence-electron chi connectivity index (χ4n) is 3.79. The first-order chi connectivity index (χ1) is 15.1. The molecule has 0 bridgehead atoms. The van der Waals surface area contributed by atoms with E-state index in [1.165, 1.54) is 17.0 Å². The molecule has 3 aromatic rings. The predicted octanol–water partition coefficient (Wildman–Crippen LogP) is 2.70. The van der Waals surface area contributed by atoms with Gasteiger partial charge >= 0.3 is 11.9 Å². The van der Waals surface area contributed by atoms with Crippen LogP contribution < -0.4 is 11.2 Å². The van der Waals surface area contributed by atoms with Crippen LogP contribution in [0.3, 0.4) is 0 Å². The lowest BCUT2D eigenvalue weighted by molar-refractivity contribution is -0.145. The second-order valence-corrected chi connectivity index (χ2v) is 7.71. The van der Waals surface area contributed by atoms with Crippen LogP contribution in [0.5, 0.6) is 0 Å². The van der Waals surface area contributed by atoms with Crippen LogP contribution in [0.15, 0.2) is 58.1 Å². The van der Waals surface area contributed by atoms with Gasteiger partial charge in [0.15, 0.2) is 0 Å². The first-order valence-corrected chi connectivity index (χ1v) is 9.95. The molecule has 168 valence electrons. The normalized spacial score (nSPS) is 19.3. The van der Waals surface area contributed by atoms with Crippen molar-refractivity contribution in [1.29, 1.82) is 0 Å². The molecule has 2 heterocycles. The molecule has 10 heteroatoms. The van der Waals surface area contributed by atoms with Gasteiger partial charge in [0.1, 0.15) is 12.6 Å². The minimum atomic E-state index is -4.49. The number of hydrogen-bond donors (Lipinski definition) is 1. The van der Waals surface area contributed by atoms with Crippen LogP contribution in [-0.2, 0) is 22.3 Å². The molecular weight excluding hydrogens is 427 g/mol. The topological polar surface area (TPSA) is 84.4 Å². The number of para-hydroxylation sites is 1. The summed E-state index contributed by atoms with van der Waals surface area (Å²) in [5.74, 6) is -0.499. The van der Waals surface area contributed by atoms with E-state index in [-0.39, 0.29) is 24.6 Å². The molecule has 0 aliphatic carbocycles. The maximum Gasteiger partial charge on any atom is 0.416 e. The summed E-state index contributed by atoms with van der Waals surface area (Å²) in [6.07, 6.45) is -5.25. The molecule has 1 amide bonds. The van der Waals surface area contributed by atoms with Gasteiger partial charge in [0.05, 0.1) is 35.7 Å². The lowest BCUT2D eigenvalue weighted by Gasteiger charge is -2.38. The molecule has 2 unspecified atom stereocenters. The average Bonchev–Trinajstić information content (AvgIpc) is 2.76. The number of carbonyl (C=O) groups is 1. The Hall–Kier alpha value is -3.40. The average molecular weight is 447 g/mol. The summed E-state index contributed by atoms with van der Waals surface area (Å²) in [5, 5.41) is 0.275. The molecule has 32 heavy (non-hydrogen) atoms. The van der Waals surface area contributed by atoms with Crippen molar-refractivity contribution in [3.05, 3.63) is 80.5 Å². The summed E-state index contributed by atoms with van der Waals surface area (Å²) in [6.45, 7) is 1.35. The Morgan fingerprint density at radius 1 is 1.16 bits per heavy atom. The van der Waals surface area contributed by atoms with Gasteiger partial charge in [-0.1, -0.05) is 24.3 Å². The Morgan fingerprint density at radius 2 is 1.91 bits per heavy atom. The number of amides is 1. The number of morpholine rings is 1. The van der Waals surface area contributed by atoms with Crippen molar-refractivity contribution in [1.82, 2.24) is 14.5 Å². The maximum atomic E-state index is 13.1. The molecule has 7 nitrogen and oxygen atoms in total. The monoisotopic (exact) mass is 447 g/mol. The van der Waals surface area contributed by atoms with Crippen molar-refractivity contribution >= 4 is 16.8 Å². The van der Waals surface area contributed by atoms with Crippen LogP contribution in [0, 0.1) is 0 Å². The molecule has 1 aliphatic heterocycles. The number of ether oxygens (including phenoxy) is 1. The maximum absolute atomic E-state index is 13.1. The highest BCUT2D eigenvalue weighted by Gasteiger charge is 2.34. The van der Waals surface area contributed by atoms with Crippen LogP contribution in [0.1, 0.15) is 24.2 Å². The zero-order valence-corrected chi connectivity index (χ0v) is 17.1. The molecule has 0 radical (unpaired) electrons. The lowest BCUT2D eigenvalue weighted by Crippen LogP contribution is -2.51. The van der Waals surface area contributed by atoms with E-state index in [0.717, 1.165) is 16.7 Å². The Bertz CT molecular complexity index is 1280. The zero-order chi connectivity index (χ0) is 23.0. The molecule has 0 saturated carbocycles. The molecule has 1 N–H and O–H groups in total. The number of aromatic nitrogens is 2. The SMILES string of the molecule is CC1COC(c2cccc(C(F)(F)F)c2)CN1C(=O)Cn1c(=O)[nH]c2ccccc2c1=O. The van der Waals surface area contributed by atoms with E-state index in [0.29, 0.717) is 11.1 Å². The van der Waals surface area contributed by atoms with Crippen molar-refractivity contribution in [2.45, 2.75) is 31.8 Å². The predicted molar refractivity (Wildman–Crippen MR) is 110 cm³/mol. The van der Waals surface area contributed by atoms with Crippen molar-refractivity contribution in [2.24, 2.45) is 0 Å². The third-order valence-corrected chi connectivity index (χ3v) is 5.52. The highest BCUT2D eigenvalue weighted by atomic mass is 19.4. The molecule has 4 rings (SSSR count). The fourth-order valence-corrected chi connectivity index (χ4v) is 3.79. The highest BCUT2D eigenvalue weighted by molar-refractivity contribution is 5.79. The first kappa shape index (κ1) is 21.8. The van der Waals surface area contributed by atoms with E-state index in [1.807, 2.05) is 0 Å². The second kappa shape index (κ2) is 8.27. The molecule has 0 spiro atoms. The van der Waals surface area contributed by atoms with Crippen molar-refractivity contribution < 1.29 is 22.7 Å². The van der Waals surface area contributed by atoms with E-state index in [1.54, 1.807) is 31.2 Å². The standard InChI is InChI=1S/C22H20F3N3O4/c1-13-12-32-18(14-5-4-6-15(9-14)22(23,24)25)10-27(13)19(29)11-28-20(30)16-7-2-3-8-17(16)26-21(28)31/h2-9,13,18H,10-12H2,1H3,(H,26,31). The number of halogens is 3. The third kappa shape index (κ3) is 4.18. The van der Waals surface area contributed by atoms with Gasteiger partial charge in [-0.2, -0.15) is 13.2 Å². The number of benzene rings is 2. The largest absolute Gasteiger partial charge is 0.416 e. The number of aromatic amines is 1. The molecule has 2 aromatic carbocycles. The lowest BCUT2D eigenvalue weighted by atomic mass is 10.0. The molecule has 1 fully saturated rings. The van der Waals surface area contributed by atoms with Crippen molar-refractivity contribution in [3.63, 3.8) is 0 Å². The van der Waals surface area contributed by atoms with Gasteiger partial charge in [-0.25, -0.2) is 4.79 Å². The summed E-state index contributed by atoms with van der Waals surface area (Å²) in [7, 11) is 0.